The first kappa shape index (κ1) is 14.3. The molecule has 0 aliphatic carbocycles. The van der Waals surface area contributed by atoms with Crippen LogP contribution in [0.2, 0.25) is 0 Å². The van der Waals surface area contributed by atoms with Crippen LogP contribution in [0.3, 0.4) is 0 Å². The fraction of sp³-hybridized carbons (Fsp3) is 0.250. The Labute approximate surface area is 131 Å². The van der Waals surface area contributed by atoms with Gasteiger partial charge in [0.15, 0.2) is 0 Å². The molecule has 1 aromatic carbocycles. The maximum atomic E-state index is 12.2. The highest BCUT2D eigenvalue weighted by Crippen LogP contribution is 2.31. The van der Waals surface area contributed by atoms with Crippen molar-refractivity contribution in [1.82, 2.24) is 9.97 Å². The summed E-state index contributed by atoms with van der Waals surface area (Å²) in [7, 11) is 0. The number of hydrogen-bond acceptors (Lipinski definition) is 3. The van der Waals surface area contributed by atoms with E-state index in [9.17, 15) is 4.79 Å². The Kier molecular flexibility index (Phi) is 4.08. The normalized spacial score (nSPS) is 11.1. The van der Waals surface area contributed by atoms with Gasteiger partial charge in [0.05, 0.1) is 11.3 Å². The van der Waals surface area contributed by atoms with Crippen molar-refractivity contribution in [2.45, 2.75) is 25.6 Å². The quantitative estimate of drug-likeness (QED) is 0.727. The Bertz CT molecular complexity index is 820. The fourth-order valence-electron chi connectivity index (χ4n) is 2.41. The van der Waals surface area contributed by atoms with E-state index in [-0.39, 0.29) is 11.4 Å². The summed E-state index contributed by atoms with van der Waals surface area (Å²) in [5.41, 5.74) is 3.18. The Balaban J connectivity index is 2.10. The number of aryl methyl sites for hydroxylation is 1. The molecule has 3 nitrogen and oxygen atoms in total. The van der Waals surface area contributed by atoms with Crippen LogP contribution in [0.15, 0.2) is 34.4 Å². The van der Waals surface area contributed by atoms with Crippen LogP contribution in [0.1, 0.15) is 24.7 Å². The smallest absolute Gasteiger partial charge is 0.260 e. The molecule has 5 heteroatoms. The lowest BCUT2D eigenvalue weighted by Crippen LogP contribution is -2.10. The SMILES string of the molecule is CCCc1ccc(-c2csc3nc(CCl)[nH]c(=O)c23)cc1. The van der Waals surface area contributed by atoms with Crippen LogP contribution >= 0.6 is 22.9 Å². The molecular formula is C16H15ClN2OS. The van der Waals surface area contributed by atoms with Crippen molar-refractivity contribution >= 4 is 33.2 Å². The van der Waals surface area contributed by atoms with Crippen molar-refractivity contribution < 1.29 is 0 Å². The van der Waals surface area contributed by atoms with Gasteiger partial charge < -0.3 is 4.98 Å². The van der Waals surface area contributed by atoms with Gasteiger partial charge >= 0.3 is 0 Å². The number of aromatic nitrogens is 2. The molecule has 0 fully saturated rings. The highest BCUT2D eigenvalue weighted by Gasteiger charge is 2.12. The van der Waals surface area contributed by atoms with Crippen molar-refractivity contribution in [2.24, 2.45) is 0 Å². The van der Waals surface area contributed by atoms with E-state index in [1.54, 1.807) is 0 Å². The van der Waals surface area contributed by atoms with E-state index >= 15 is 0 Å². The van der Waals surface area contributed by atoms with Gasteiger partial charge in [0.2, 0.25) is 0 Å². The van der Waals surface area contributed by atoms with Gasteiger partial charge in [-0.15, -0.1) is 22.9 Å². The summed E-state index contributed by atoms with van der Waals surface area (Å²) < 4.78 is 0. The van der Waals surface area contributed by atoms with Gasteiger partial charge in [0.25, 0.3) is 5.56 Å². The van der Waals surface area contributed by atoms with E-state index in [0.717, 1.165) is 28.8 Å². The average Bonchev–Trinajstić information content (AvgIpc) is 2.93. The molecule has 2 aromatic heterocycles. The Hall–Kier alpha value is -1.65. The molecule has 3 rings (SSSR count). The minimum atomic E-state index is -0.121. The summed E-state index contributed by atoms with van der Waals surface area (Å²) in [6.07, 6.45) is 2.21. The van der Waals surface area contributed by atoms with Gasteiger partial charge in [-0.25, -0.2) is 4.98 Å². The number of rotatable bonds is 4. The zero-order valence-corrected chi connectivity index (χ0v) is 13.2. The van der Waals surface area contributed by atoms with Crippen LogP contribution in [0.25, 0.3) is 21.3 Å². The van der Waals surface area contributed by atoms with Gasteiger partial charge in [-0.3, -0.25) is 4.79 Å². The first-order valence-corrected chi connectivity index (χ1v) is 8.30. The molecule has 0 unspecified atom stereocenters. The van der Waals surface area contributed by atoms with Gasteiger partial charge in [-0.1, -0.05) is 37.6 Å². The molecule has 1 N–H and O–H groups in total. The number of halogens is 1. The summed E-state index contributed by atoms with van der Waals surface area (Å²) in [6, 6.07) is 8.39. The van der Waals surface area contributed by atoms with E-state index < -0.39 is 0 Å². The lowest BCUT2D eigenvalue weighted by molar-refractivity contribution is 0.922. The number of H-pyrrole nitrogens is 1. The number of fused-ring (bicyclic) bond motifs is 1. The average molecular weight is 319 g/mol. The number of nitrogens with zero attached hydrogens (tertiary/aromatic N) is 1. The van der Waals surface area contributed by atoms with Crippen LogP contribution in [0, 0.1) is 0 Å². The molecule has 3 aromatic rings. The van der Waals surface area contributed by atoms with Crippen LogP contribution in [-0.4, -0.2) is 9.97 Å². The maximum Gasteiger partial charge on any atom is 0.260 e. The van der Waals surface area contributed by atoms with Crippen molar-refractivity contribution in [3.8, 4) is 11.1 Å². The standard InChI is InChI=1S/C16H15ClN2OS/c1-2-3-10-4-6-11(7-5-10)12-9-21-16-14(12)15(20)18-13(8-17)19-16/h4-7,9H,2-3,8H2,1H3,(H,18,19,20). The minimum Gasteiger partial charge on any atom is -0.309 e. The number of alkyl halides is 1. The van der Waals surface area contributed by atoms with Crippen LogP contribution in [0.5, 0.6) is 0 Å². The van der Waals surface area contributed by atoms with Crippen molar-refractivity contribution in [1.29, 1.82) is 0 Å². The van der Waals surface area contributed by atoms with Gasteiger partial charge in [0.1, 0.15) is 10.7 Å². The van der Waals surface area contributed by atoms with Crippen molar-refractivity contribution in [2.75, 3.05) is 0 Å². The van der Waals surface area contributed by atoms with Gasteiger partial charge in [0, 0.05) is 10.9 Å². The van der Waals surface area contributed by atoms with E-state index in [1.165, 1.54) is 16.9 Å². The predicted octanol–water partition coefficient (Wildman–Crippen LogP) is 4.34. The van der Waals surface area contributed by atoms with Crippen molar-refractivity contribution in [3.05, 3.63) is 51.4 Å². The molecule has 0 atom stereocenters. The Morgan fingerprint density at radius 1 is 1.29 bits per heavy atom. The van der Waals surface area contributed by atoms with Crippen LogP contribution < -0.4 is 5.56 Å². The first-order chi connectivity index (χ1) is 10.2. The highest BCUT2D eigenvalue weighted by atomic mass is 35.5. The molecule has 2 heterocycles. The third-order valence-electron chi connectivity index (χ3n) is 3.42. The lowest BCUT2D eigenvalue weighted by atomic mass is 10.0. The number of hydrogen-bond donors (Lipinski definition) is 1. The summed E-state index contributed by atoms with van der Waals surface area (Å²) >= 11 is 7.22. The molecular weight excluding hydrogens is 304 g/mol. The summed E-state index contributed by atoms with van der Waals surface area (Å²) in [6.45, 7) is 2.17. The predicted molar refractivity (Wildman–Crippen MR) is 89.2 cm³/mol. The third kappa shape index (κ3) is 2.74. The molecule has 108 valence electrons. The van der Waals surface area contributed by atoms with Crippen LogP contribution in [-0.2, 0) is 12.3 Å². The molecule has 21 heavy (non-hydrogen) atoms. The van der Waals surface area contributed by atoms with Gasteiger partial charge in [-0.05, 0) is 17.5 Å². The second kappa shape index (κ2) is 6.00. The second-order valence-corrected chi connectivity index (χ2v) is 6.05. The van der Waals surface area contributed by atoms with Gasteiger partial charge in [-0.2, -0.15) is 0 Å². The molecule has 0 spiro atoms. The maximum absolute atomic E-state index is 12.2. The molecule has 0 saturated heterocycles. The number of aromatic amines is 1. The molecule has 0 radical (unpaired) electrons. The van der Waals surface area contributed by atoms with Crippen molar-refractivity contribution in [3.63, 3.8) is 0 Å². The van der Waals surface area contributed by atoms with E-state index in [0.29, 0.717) is 11.2 Å². The van der Waals surface area contributed by atoms with E-state index in [4.69, 9.17) is 11.6 Å². The monoisotopic (exact) mass is 318 g/mol. The topological polar surface area (TPSA) is 45.8 Å². The summed E-state index contributed by atoms with van der Waals surface area (Å²) in [5.74, 6) is 0.727. The number of benzene rings is 1. The molecule has 0 aliphatic heterocycles. The molecule has 0 aliphatic rings. The van der Waals surface area contributed by atoms with Crippen LogP contribution in [0.4, 0.5) is 0 Å². The third-order valence-corrected chi connectivity index (χ3v) is 4.55. The summed E-state index contributed by atoms with van der Waals surface area (Å²) in [4.78, 5) is 20.1. The van der Waals surface area contributed by atoms with E-state index in [1.807, 2.05) is 5.38 Å². The zero-order chi connectivity index (χ0) is 14.8. The fourth-order valence-corrected chi connectivity index (χ4v) is 3.50. The number of thiophene rings is 1. The largest absolute Gasteiger partial charge is 0.309 e. The Morgan fingerprint density at radius 3 is 2.71 bits per heavy atom. The lowest BCUT2D eigenvalue weighted by Gasteiger charge is -2.03. The number of nitrogens with one attached hydrogen (secondary N) is 1. The first-order valence-electron chi connectivity index (χ1n) is 6.88. The highest BCUT2D eigenvalue weighted by molar-refractivity contribution is 7.17. The zero-order valence-electron chi connectivity index (χ0n) is 11.6. The molecule has 0 bridgehead atoms. The summed E-state index contributed by atoms with van der Waals surface area (Å²) in [5, 5.41) is 2.64. The minimum absolute atomic E-state index is 0.121. The molecule has 0 saturated carbocycles. The van der Waals surface area contributed by atoms with E-state index in [2.05, 4.69) is 41.2 Å². The second-order valence-electron chi connectivity index (χ2n) is 4.92. The Morgan fingerprint density at radius 2 is 2.05 bits per heavy atom. The molecule has 0 amide bonds.